The van der Waals surface area contributed by atoms with E-state index in [0.29, 0.717) is 23.7 Å². The summed E-state index contributed by atoms with van der Waals surface area (Å²) >= 11 is 0. The second-order valence-corrected chi connectivity index (χ2v) is 7.48. The fourth-order valence-electron chi connectivity index (χ4n) is 4.67. The quantitative estimate of drug-likeness (QED) is 0.649. The highest BCUT2D eigenvalue weighted by molar-refractivity contribution is 5.99. The highest BCUT2D eigenvalue weighted by Crippen LogP contribution is 2.46. The van der Waals surface area contributed by atoms with Gasteiger partial charge in [-0.3, -0.25) is 4.79 Å². The number of aromatic nitrogens is 2. The van der Waals surface area contributed by atoms with E-state index in [9.17, 15) is 4.79 Å². The molecule has 0 saturated carbocycles. The maximum atomic E-state index is 13.1. The zero-order chi connectivity index (χ0) is 20.8. The summed E-state index contributed by atoms with van der Waals surface area (Å²) in [6.45, 7) is 0. The van der Waals surface area contributed by atoms with Crippen LogP contribution in [-0.2, 0) is 4.79 Å². The van der Waals surface area contributed by atoms with Crippen LogP contribution in [0.15, 0.2) is 47.7 Å². The lowest BCUT2D eigenvalue weighted by atomic mass is 9.84. The molecule has 0 radical (unpaired) electrons. The van der Waals surface area contributed by atoms with Gasteiger partial charge in [0, 0.05) is 18.4 Å². The van der Waals surface area contributed by atoms with Crippen LogP contribution in [-0.4, -0.2) is 32.1 Å². The van der Waals surface area contributed by atoms with E-state index < -0.39 is 0 Å². The predicted octanol–water partition coefficient (Wildman–Crippen LogP) is 3.50. The van der Waals surface area contributed by atoms with Crippen molar-refractivity contribution < 1.29 is 23.6 Å². The summed E-state index contributed by atoms with van der Waals surface area (Å²) in [4.78, 5) is 16.6. The molecule has 0 saturated heterocycles. The van der Waals surface area contributed by atoms with Gasteiger partial charge in [0.15, 0.2) is 17.3 Å². The second-order valence-electron chi connectivity index (χ2n) is 7.48. The molecule has 5 rings (SSSR count). The molecule has 7 heteroatoms. The van der Waals surface area contributed by atoms with Crippen molar-refractivity contribution in [3.63, 3.8) is 0 Å². The Balaban J connectivity index is 1.84. The number of aromatic amines is 1. The van der Waals surface area contributed by atoms with Gasteiger partial charge >= 0.3 is 5.95 Å². The van der Waals surface area contributed by atoms with Crippen molar-refractivity contribution in [3.05, 3.63) is 53.2 Å². The molecule has 7 nitrogen and oxygen atoms in total. The number of nitrogens with one attached hydrogen (secondary N) is 2. The van der Waals surface area contributed by atoms with Crippen LogP contribution >= 0.6 is 0 Å². The number of nitrogens with zero attached hydrogens (tertiary/aromatic N) is 1. The van der Waals surface area contributed by atoms with Gasteiger partial charge in [-0.1, -0.05) is 12.1 Å². The number of Topliss-reactive ketones (excluding diaryl/α,β-unsaturated/α-hetero) is 1. The predicted molar refractivity (Wildman–Crippen MR) is 112 cm³/mol. The summed E-state index contributed by atoms with van der Waals surface area (Å²) in [6, 6.07) is 11.6. The number of H-pyrrole nitrogens is 1. The summed E-state index contributed by atoms with van der Waals surface area (Å²) in [5.74, 6) is 2.68. The van der Waals surface area contributed by atoms with E-state index in [-0.39, 0.29) is 11.8 Å². The van der Waals surface area contributed by atoms with Crippen molar-refractivity contribution in [2.24, 2.45) is 0 Å². The normalized spacial score (nSPS) is 18.0. The van der Waals surface area contributed by atoms with Gasteiger partial charge in [-0.25, -0.2) is 14.9 Å². The van der Waals surface area contributed by atoms with E-state index in [1.165, 1.54) is 0 Å². The SMILES string of the molecule is COc1ccc(C2C3=C(CCCC3=O)Nc3[nH]c4ccccc4[n+]32)c(OC)c1OC. The summed E-state index contributed by atoms with van der Waals surface area (Å²) < 4.78 is 19.0. The lowest BCUT2D eigenvalue weighted by molar-refractivity contribution is -0.666. The average molecular weight is 406 g/mol. The summed E-state index contributed by atoms with van der Waals surface area (Å²) in [7, 11) is 4.80. The maximum Gasteiger partial charge on any atom is 0.361 e. The smallest absolute Gasteiger partial charge is 0.361 e. The van der Waals surface area contributed by atoms with Crippen molar-refractivity contribution in [3.8, 4) is 17.2 Å². The van der Waals surface area contributed by atoms with Crippen LogP contribution in [0, 0.1) is 0 Å². The highest BCUT2D eigenvalue weighted by atomic mass is 16.5. The number of anilines is 1. The minimum atomic E-state index is -0.338. The third-order valence-electron chi connectivity index (χ3n) is 5.94. The monoisotopic (exact) mass is 406 g/mol. The number of carbonyl (C=O) groups excluding carboxylic acids is 1. The summed E-state index contributed by atoms with van der Waals surface area (Å²) in [5, 5.41) is 3.48. The fraction of sp³-hybridized carbons (Fsp3) is 0.304. The maximum absolute atomic E-state index is 13.1. The van der Waals surface area contributed by atoms with Crippen LogP contribution < -0.4 is 24.1 Å². The molecule has 0 amide bonds. The first-order valence-corrected chi connectivity index (χ1v) is 10.0. The molecule has 0 spiro atoms. The number of allylic oxidation sites excluding steroid dienone is 2. The molecule has 30 heavy (non-hydrogen) atoms. The Morgan fingerprint density at radius 2 is 1.77 bits per heavy atom. The van der Waals surface area contributed by atoms with E-state index in [2.05, 4.69) is 20.9 Å². The molecule has 1 aromatic heterocycles. The van der Waals surface area contributed by atoms with Gasteiger partial charge in [0.25, 0.3) is 0 Å². The minimum Gasteiger partial charge on any atom is -0.493 e. The zero-order valence-corrected chi connectivity index (χ0v) is 17.2. The van der Waals surface area contributed by atoms with Crippen LogP contribution in [0.5, 0.6) is 17.2 Å². The number of para-hydroxylation sites is 2. The highest BCUT2D eigenvalue weighted by Gasteiger charge is 2.43. The number of ketones is 1. The van der Waals surface area contributed by atoms with E-state index in [1.807, 2.05) is 30.3 Å². The Bertz CT molecular complexity index is 1190. The van der Waals surface area contributed by atoms with Gasteiger partial charge in [0.1, 0.15) is 17.1 Å². The van der Waals surface area contributed by atoms with E-state index in [0.717, 1.165) is 46.7 Å². The number of ether oxygens (including phenoxy) is 3. The molecule has 2 aromatic carbocycles. The Hall–Kier alpha value is -3.48. The standard InChI is InChI=1S/C23H23N3O4/c1-28-18-12-11-13(21(29-2)22(18)30-3)20-19-15(8-6-10-17(19)27)25-23-24-14-7-4-5-9-16(14)26(20)23/h4-5,7,9,11-12,20H,6,8,10H2,1-3H3,(H,24,25,27)/p+1. The molecule has 1 aliphatic carbocycles. The number of methoxy groups -OCH3 is 3. The van der Waals surface area contributed by atoms with Crippen molar-refractivity contribution >= 4 is 22.8 Å². The van der Waals surface area contributed by atoms with Crippen LogP contribution in [0.4, 0.5) is 5.95 Å². The van der Waals surface area contributed by atoms with Crippen LogP contribution in [0.25, 0.3) is 11.0 Å². The Kier molecular flexibility index (Phi) is 4.38. The molecule has 1 aliphatic heterocycles. The average Bonchev–Trinajstić information content (AvgIpc) is 3.14. The minimum absolute atomic E-state index is 0.161. The lowest BCUT2D eigenvalue weighted by Gasteiger charge is -2.30. The first-order valence-electron chi connectivity index (χ1n) is 10.0. The molecular formula is C23H24N3O4+. The molecule has 3 aromatic rings. The van der Waals surface area contributed by atoms with Gasteiger partial charge in [0.2, 0.25) is 5.75 Å². The number of carbonyl (C=O) groups is 1. The first kappa shape index (κ1) is 18.5. The number of fused-ring (bicyclic) bond motifs is 3. The number of hydrogen-bond acceptors (Lipinski definition) is 5. The van der Waals surface area contributed by atoms with Crippen molar-refractivity contribution in [1.29, 1.82) is 0 Å². The summed E-state index contributed by atoms with van der Waals surface area (Å²) in [6.07, 6.45) is 2.23. The van der Waals surface area contributed by atoms with E-state index >= 15 is 0 Å². The summed E-state index contributed by atoms with van der Waals surface area (Å²) in [5.41, 5.74) is 4.62. The van der Waals surface area contributed by atoms with Gasteiger partial charge < -0.3 is 14.2 Å². The number of benzene rings is 2. The van der Waals surface area contributed by atoms with Gasteiger partial charge in [-0.05, 0) is 30.7 Å². The molecule has 154 valence electrons. The first-order chi connectivity index (χ1) is 14.7. The third kappa shape index (κ3) is 2.58. The molecular weight excluding hydrogens is 382 g/mol. The van der Waals surface area contributed by atoms with Crippen LogP contribution in [0.3, 0.4) is 0 Å². The largest absolute Gasteiger partial charge is 0.493 e. The van der Waals surface area contributed by atoms with E-state index in [1.54, 1.807) is 21.3 Å². The van der Waals surface area contributed by atoms with Gasteiger partial charge in [0.05, 0.1) is 32.6 Å². The molecule has 2 N–H and O–H groups in total. The van der Waals surface area contributed by atoms with Crippen molar-refractivity contribution in [2.45, 2.75) is 25.3 Å². The Labute approximate surface area is 174 Å². The molecule has 2 aliphatic rings. The van der Waals surface area contributed by atoms with Gasteiger partial charge in [-0.15, -0.1) is 0 Å². The Morgan fingerprint density at radius 3 is 2.53 bits per heavy atom. The van der Waals surface area contributed by atoms with Crippen LogP contribution in [0.2, 0.25) is 0 Å². The molecule has 1 unspecified atom stereocenters. The van der Waals surface area contributed by atoms with Gasteiger partial charge in [-0.2, -0.15) is 0 Å². The topological polar surface area (TPSA) is 76.5 Å². The Morgan fingerprint density at radius 1 is 0.967 bits per heavy atom. The third-order valence-corrected chi connectivity index (χ3v) is 5.94. The van der Waals surface area contributed by atoms with Crippen molar-refractivity contribution in [2.75, 3.05) is 26.6 Å². The second kappa shape index (κ2) is 7.09. The molecule has 1 atom stereocenters. The molecule has 2 heterocycles. The molecule has 0 bridgehead atoms. The van der Waals surface area contributed by atoms with Crippen LogP contribution in [0.1, 0.15) is 30.9 Å². The number of hydrogen-bond donors (Lipinski definition) is 2. The number of imidazole rings is 1. The number of rotatable bonds is 4. The fourth-order valence-corrected chi connectivity index (χ4v) is 4.67. The lowest BCUT2D eigenvalue weighted by Crippen LogP contribution is -2.49. The van der Waals surface area contributed by atoms with E-state index in [4.69, 9.17) is 14.2 Å². The molecule has 0 fully saturated rings. The zero-order valence-electron chi connectivity index (χ0n) is 17.2. The van der Waals surface area contributed by atoms with Crippen molar-refractivity contribution in [1.82, 2.24) is 4.98 Å².